The summed E-state index contributed by atoms with van der Waals surface area (Å²) < 4.78 is 0. The van der Waals surface area contributed by atoms with Crippen LogP contribution in [0.15, 0.2) is 18.2 Å². The molecule has 0 heterocycles. The maximum Gasteiger partial charge on any atom is 0.173 e. The van der Waals surface area contributed by atoms with Crippen LogP contribution in [-0.4, -0.2) is 36.7 Å². The summed E-state index contributed by atoms with van der Waals surface area (Å²) in [5.74, 6) is 0. The first-order valence-corrected chi connectivity index (χ1v) is 6.90. The van der Waals surface area contributed by atoms with Gasteiger partial charge < -0.3 is 15.5 Å². The van der Waals surface area contributed by atoms with E-state index in [0.717, 1.165) is 25.3 Å². The number of rotatable bonds is 5. The minimum absolute atomic E-state index is 0.516. The van der Waals surface area contributed by atoms with Crippen LogP contribution < -0.4 is 10.6 Å². The van der Waals surface area contributed by atoms with Gasteiger partial charge in [0.15, 0.2) is 5.11 Å². The average Bonchev–Trinajstić information content (AvgIpc) is 2.35. The Kier molecular flexibility index (Phi) is 6.71. The van der Waals surface area contributed by atoms with Crippen molar-refractivity contribution in [2.75, 3.05) is 32.0 Å². The molecule has 0 radical (unpaired) electrons. The number of nitrogens with zero attached hydrogens (tertiary/aromatic N) is 1. The number of halogens is 2. The quantitative estimate of drug-likeness (QED) is 0.817. The predicted molar refractivity (Wildman–Crippen MR) is 83.9 cm³/mol. The lowest BCUT2D eigenvalue weighted by atomic mass is 10.3. The van der Waals surface area contributed by atoms with Gasteiger partial charge in [0.1, 0.15) is 0 Å². The van der Waals surface area contributed by atoms with E-state index in [0.29, 0.717) is 15.2 Å². The van der Waals surface area contributed by atoms with Crippen molar-refractivity contribution in [1.82, 2.24) is 10.2 Å². The molecule has 0 fully saturated rings. The zero-order valence-electron chi connectivity index (χ0n) is 10.5. The van der Waals surface area contributed by atoms with E-state index in [1.807, 2.05) is 13.1 Å². The van der Waals surface area contributed by atoms with Gasteiger partial charge in [-0.1, -0.05) is 23.2 Å². The van der Waals surface area contributed by atoms with Crippen LogP contribution in [0.25, 0.3) is 0 Å². The standard InChI is InChI=1S/C12H17Cl2N3S/c1-3-17(7-6-15-2)12(18)16-9-4-5-10(13)11(14)8-9/h4-5,8,15H,3,6-7H2,1-2H3,(H,16,18). The van der Waals surface area contributed by atoms with Crippen molar-refractivity contribution < 1.29 is 0 Å². The van der Waals surface area contributed by atoms with Crippen LogP contribution in [-0.2, 0) is 0 Å². The lowest BCUT2D eigenvalue weighted by Crippen LogP contribution is -2.38. The summed E-state index contributed by atoms with van der Waals surface area (Å²) in [5.41, 5.74) is 0.845. The summed E-state index contributed by atoms with van der Waals surface area (Å²) >= 11 is 17.2. The van der Waals surface area contributed by atoms with Gasteiger partial charge in [0, 0.05) is 25.3 Å². The molecule has 0 aliphatic rings. The highest BCUT2D eigenvalue weighted by Crippen LogP contribution is 2.25. The highest BCUT2D eigenvalue weighted by molar-refractivity contribution is 7.80. The molecule has 0 atom stereocenters. The summed E-state index contributed by atoms with van der Waals surface area (Å²) in [7, 11) is 1.92. The molecule has 0 aliphatic carbocycles. The minimum atomic E-state index is 0.516. The number of anilines is 1. The van der Waals surface area contributed by atoms with E-state index in [4.69, 9.17) is 35.4 Å². The second-order valence-electron chi connectivity index (χ2n) is 3.74. The van der Waals surface area contributed by atoms with E-state index in [-0.39, 0.29) is 0 Å². The Bertz CT molecular complexity index is 412. The molecule has 0 aliphatic heterocycles. The van der Waals surface area contributed by atoms with E-state index in [1.54, 1.807) is 12.1 Å². The fraction of sp³-hybridized carbons (Fsp3) is 0.417. The molecule has 0 amide bonds. The minimum Gasteiger partial charge on any atom is -0.348 e. The van der Waals surface area contributed by atoms with Gasteiger partial charge in [0.2, 0.25) is 0 Å². The first-order chi connectivity index (χ1) is 8.58. The van der Waals surface area contributed by atoms with E-state index in [2.05, 4.69) is 22.5 Å². The molecule has 0 unspecified atom stereocenters. The molecule has 1 aromatic rings. The lowest BCUT2D eigenvalue weighted by molar-refractivity contribution is 0.443. The molecule has 2 N–H and O–H groups in total. The Morgan fingerprint density at radius 3 is 2.61 bits per heavy atom. The van der Waals surface area contributed by atoms with Gasteiger partial charge in [0.25, 0.3) is 0 Å². The largest absolute Gasteiger partial charge is 0.348 e. The zero-order valence-corrected chi connectivity index (χ0v) is 12.8. The van der Waals surface area contributed by atoms with Crippen LogP contribution in [0.2, 0.25) is 10.0 Å². The van der Waals surface area contributed by atoms with Gasteiger partial charge in [-0.05, 0) is 44.4 Å². The number of nitrogens with one attached hydrogen (secondary N) is 2. The summed E-state index contributed by atoms with van der Waals surface area (Å²) in [6.07, 6.45) is 0. The van der Waals surface area contributed by atoms with Crippen LogP contribution in [0, 0.1) is 0 Å². The van der Waals surface area contributed by atoms with Crippen molar-refractivity contribution >= 4 is 46.2 Å². The number of hydrogen-bond acceptors (Lipinski definition) is 2. The van der Waals surface area contributed by atoms with Crippen molar-refractivity contribution in [3.05, 3.63) is 28.2 Å². The summed E-state index contributed by atoms with van der Waals surface area (Å²) in [4.78, 5) is 2.08. The van der Waals surface area contributed by atoms with Crippen molar-refractivity contribution in [3.8, 4) is 0 Å². The van der Waals surface area contributed by atoms with Gasteiger partial charge in [-0.25, -0.2) is 0 Å². The number of benzene rings is 1. The van der Waals surface area contributed by atoms with Gasteiger partial charge in [-0.2, -0.15) is 0 Å². The molecule has 0 saturated heterocycles. The first kappa shape index (κ1) is 15.5. The second-order valence-corrected chi connectivity index (χ2v) is 4.94. The van der Waals surface area contributed by atoms with Gasteiger partial charge >= 0.3 is 0 Å². The van der Waals surface area contributed by atoms with E-state index < -0.39 is 0 Å². The van der Waals surface area contributed by atoms with Crippen molar-refractivity contribution in [1.29, 1.82) is 0 Å². The van der Waals surface area contributed by atoms with Crippen LogP contribution in [0.3, 0.4) is 0 Å². The van der Waals surface area contributed by atoms with E-state index in [9.17, 15) is 0 Å². The zero-order chi connectivity index (χ0) is 13.5. The van der Waals surface area contributed by atoms with Crippen LogP contribution in [0.1, 0.15) is 6.92 Å². The van der Waals surface area contributed by atoms with Crippen molar-refractivity contribution in [3.63, 3.8) is 0 Å². The number of thiocarbonyl (C=S) groups is 1. The molecule has 0 aromatic heterocycles. The Morgan fingerprint density at radius 2 is 2.06 bits per heavy atom. The van der Waals surface area contributed by atoms with Gasteiger partial charge in [0.05, 0.1) is 10.0 Å². The van der Waals surface area contributed by atoms with Crippen LogP contribution >= 0.6 is 35.4 Å². The third kappa shape index (κ3) is 4.61. The molecule has 100 valence electrons. The number of likely N-dealkylation sites (N-methyl/N-ethyl adjacent to an activating group) is 2. The summed E-state index contributed by atoms with van der Waals surface area (Å²) in [5, 5.41) is 8.00. The molecule has 6 heteroatoms. The summed E-state index contributed by atoms with van der Waals surface area (Å²) in [6.45, 7) is 4.67. The second kappa shape index (κ2) is 7.79. The van der Waals surface area contributed by atoms with Crippen LogP contribution in [0.4, 0.5) is 5.69 Å². The molecular formula is C12H17Cl2N3S. The van der Waals surface area contributed by atoms with Crippen molar-refractivity contribution in [2.45, 2.75) is 6.92 Å². The maximum atomic E-state index is 5.96. The number of hydrogen-bond donors (Lipinski definition) is 2. The predicted octanol–water partition coefficient (Wildman–Crippen LogP) is 3.23. The molecule has 3 nitrogen and oxygen atoms in total. The maximum absolute atomic E-state index is 5.96. The molecule has 0 saturated carbocycles. The third-order valence-corrected chi connectivity index (χ3v) is 3.57. The molecule has 1 aromatic carbocycles. The van der Waals surface area contributed by atoms with Crippen LogP contribution in [0.5, 0.6) is 0 Å². The summed E-state index contributed by atoms with van der Waals surface area (Å²) in [6, 6.07) is 5.37. The fourth-order valence-corrected chi connectivity index (χ4v) is 2.06. The smallest absolute Gasteiger partial charge is 0.173 e. The Morgan fingerprint density at radius 1 is 1.33 bits per heavy atom. The van der Waals surface area contributed by atoms with Gasteiger partial charge in [-0.15, -0.1) is 0 Å². The Labute approximate surface area is 123 Å². The fourth-order valence-electron chi connectivity index (χ4n) is 1.43. The average molecular weight is 306 g/mol. The topological polar surface area (TPSA) is 27.3 Å². The van der Waals surface area contributed by atoms with Crippen molar-refractivity contribution in [2.24, 2.45) is 0 Å². The van der Waals surface area contributed by atoms with Gasteiger partial charge in [-0.3, -0.25) is 0 Å². The molecule has 1 rings (SSSR count). The monoisotopic (exact) mass is 305 g/mol. The highest BCUT2D eigenvalue weighted by Gasteiger charge is 2.07. The molecule has 18 heavy (non-hydrogen) atoms. The first-order valence-electron chi connectivity index (χ1n) is 5.74. The molecular weight excluding hydrogens is 289 g/mol. The van der Waals surface area contributed by atoms with E-state index in [1.165, 1.54) is 0 Å². The third-order valence-electron chi connectivity index (χ3n) is 2.47. The lowest BCUT2D eigenvalue weighted by Gasteiger charge is -2.24. The normalized spacial score (nSPS) is 10.2. The SMILES string of the molecule is CCN(CCNC)C(=S)Nc1ccc(Cl)c(Cl)c1. The highest BCUT2D eigenvalue weighted by atomic mass is 35.5. The molecule has 0 spiro atoms. The van der Waals surface area contributed by atoms with E-state index >= 15 is 0 Å². The Hall–Kier alpha value is -0.550. The molecule has 0 bridgehead atoms. The Balaban J connectivity index is 2.64.